The fourth-order valence-electron chi connectivity index (χ4n) is 1.02. The molecular formula is C9H13ClN2O2S. The first-order chi connectivity index (χ1) is 6.98. The molecule has 0 bridgehead atoms. The lowest BCUT2D eigenvalue weighted by Crippen LogP contribution is -2.20. The van der Waals surface area contributed by atoms with Crippen LogP contribution in [0.3, 0.4) is 0 Å². The fraction of sp³-hybridized carbons (Fsp3) is 0.556. The van der Waals surface area contributed by atoms with Crippen LogP contribution in [0.4, 0.5) is 0 Å². The van der Waals surface area contributed by atoms with Crippen molar-refractivity contribution in [1.29, 1.82) is 0 Å². The molecule has 1 aromatic rings. The topological polar surface area (TPSA) is 59.9 Å². The lowest BCUT2D eigenvalue weighted by molar-refractivity contribution is 0.571. The number of hydrogen-bond acceptors (Lipinski definition) is 4. The molecule has 0 fully saturated rings. The van der Waals surface area contributed by atoms with Crippen molar-refractivity contribution in [3.63, 3.8) is 0 Å². The van der Waals surface area contributed by atoms with Gasteiger partial charge in [-0.05, 0) is 25.8 Å². The summed E-state index contributed by atoms with van der Waals surface area (Å²) in [5.74, 6) is 0.312. The van der Waals surface area contributed by atoms with Crippen molar-refractivity contribution in [3.8, 4) is 0 Å². The van der Waals surface area contributed by atoms with Crippen LogP contribution in [0.1, 0.15) is 18.9 Å². The fourth-order valence-corrected chi connectivity index (χ4v) is 2.66. The number of aromatic nitrogens is 2. The Hall–Kier alpha value is -0.680. The van der Waals surface area contributed by atoms with Crippen LogP contribution in [-0.4, -0.2) is 29.5 Å². The summed E-state index contributed by atoms with van der Waals surface area (Å²) >= 11 is 5.51. The molecule has 6 heteroatoms. The summed E-state index contributed by atoms with van der Waals surface area (Å²) in [5, 5.41) is -0.663. The number of hydrogen-bond donors (Lipinski definition) is 0. The second-order valence-electron chi connectivity index (χ2n) is 3.38. The smallest absolute Gasteiger partial charge is 0.227 e. The number of sulfone groups is 1. The van der Waals surface area contributed by atoms with E-state index < -0.39 is 15.1 Å². The zero-order valence-electron chi connectivity index (χ0n) is 8.64. The molecule has 1 heterocycles. The minimum atomic E-state index is -3.42. The zero-order valence-corrected chi connectivity index (χ0v) is 10.2. The Morgan fingerprint density at radius 3 is 2.40 bits per heavy atom. The maximum Gasteiger partial charge on any atom is 0.247 e. The average Bonchev–Trinajstić information content (AvgIpc) is 2.18. The molecule has 15 heavy (non-hydrogen) atoms. The van der Waals surface area contributed by atoms with Gasteiger partial charge in [0.25, 0.3) is 0 Å². The molecule has 0 N–H and O–H groups in total. The summed E-state index contributed by atoms with van der Waals surface area (Å²) in [5.41, 5.74) is 0.832. The van der Waals surface area contributed by atoms with Gasteiger partial charge in [0.2, 0.25) is 15.0 Å². The molecule has 0 saturated carbocycles. The SMILES string of the molecule is Cc1cnc(S(=O)(=O)C(C)CCCl)nc1. The molecule has 1 aromatic heterocycles. The summed E-state index contributed by atoms with van der Waals surface area (Å²) in [6, 6.07) is 0. The molecule has 1 atom stereocenters. The van der Waals surface area contributed by atoms with E-state index in [1.807, 2.05) is 0 Å². The first kappa shape index (κ1) is 12.4. The maximum absolute atomic E-state index is 11.8. The van der Waals surface area contributed by atoms with Gasteiger partial charge in [-0.2, -0.15) is 0 Å². The van der Waals surface area contributed by atoms with E-state index in [-0.39, 0.29) is 5.16 Å². The largest absolute Gasteiger partial charge is 0.247 e. The quantitative estimate of drug-likeness (QED) is 0.600. The Kier molecular flexibility index (Phi) is 4.04. The Bertz CT molecular complexity index is 416. The van der Waals surface area contributed by atoms with Crippen LogP contribution < -0.4 is 0 Å². The van der Waals surface area contributed by atoms with E-state index in [4.69, 9.17) is 11.6 Å². The third kappa shape index (κ3) is 2.89. The third-order valence-corrected chi connectivity index (χ3v) is 4.29. The van der Waals surface area contributed by atoms with Gasteiger partial charge in [0.05, 0.1) is 5.25 Å². The van der Waals surface area contributed by atoms with E-state index in [9.17, 15) is 8.42 Å². The van der Waals surface area contributed by atoms with Crippen LogP contribution in [0, 0.1) is 6.92 Å². The lowest BCUT2D eigenvalue weighted by Gasteiger charge is -2.09. The highest BCUT2D eigenvalue weighted by atomic mass is 35.5. The highest BCUT2D eigenvalue weighted by Gasteiger charge is 2.25. The van der Waals surface area contributed by atoms with Crippen LogP contribution in [0.15, 0.2) is 17.6 Å². The molecule has 0 aliphatic carbocycles. The predicted octanol–water partition coefficient (Wildman–Crippen LogP) is 1.58. The highest BCUT2D eigenvalue weighted by Crippen LogP contribution is 2.14. The van der Waals surface area contributed by atoms with E-state index in [0.29, 0.717) is 12.3 Å². The van der Waals surface area contributed by atoms with E-state index >= 15 is 0 Å². The standard InChI is InChI=1S/C9H13ClN2O2S/c1-7-5-11-9(12-6-7)15(13,14)8(2)3-4-10/h5-6,8H,3-4H2,1-2H3. The molecule has 1 unspecified atom stereocenters. The van der Waals surface area contributed by atoms with Crippen LogP contribution >= 0.6 is 11.6 Å². The predicted molar refractivity (Wildman–Crippen MR) is 58.8 cm³/mol. The van der Waals surface area contributed by atoms with Gasteiger partial charge in [-0.25, -0.2) is 18.4 Å². The molecule has 0 radical (unpaired) electrons. The number of aryl methyl sites for hydroxylation is 1. The van der Waals surface area contributed by atoms with E-state index in [0.717, 1.165) is 5.56 Å². The van der Waals surface area contributed by atoms with Crippen molar-refractivity contribution >= 4 is 21.4 Å². The Labute approximate surface area is 94.6 Å². The van der Waals surface area contributed by atoms with Gasteiger partial charge in [-0.1, -0.05) is 0 Å². The van der Waals surface area contributed by atoms with E-state index in [1.165, 1.54) is 12.4 Å². The molecule has 0 spiro atoms. The van der Waals surface area contributed by atoms with Gasteiger partial charge < -0.3 is 0 Å². The van der Waals surface area contributed by atoms with Gasteiger partial charge in [-0.3, -0.25) is 0 Å². The van der Waals surface area contributed by atoms with Crippen molar-refractivity contribution in [1.82, 2.24) is 9.97 Å². The normalized spacial score (nSPS) is 13.8. The molecule has 1 rings (SSSR count). The number of rotatable bonds is 4. The number of halogens is 1. The van der Waals surface area contributed by atoms with Crippen LogP contribution in [0.25, 0.3) is 0 Å². The Balaban J connectivity index is 3.01. The van der Waals surface area contributed by atoms with Crippen molar-refractivity contribution in [2.75, 3.05) is 5.88 Å². The van der Waals surface area contributed by atoms with Crippen molar-refractivity contribution in [2.45, 2.75) is 30.7 Å². The van der Waals surface area contributed by atoms with Crippen molar-refractivity contribution < 1.29 is 8.42 Å². The van der Waals surface area contributed by atoms with Gasteiger partial charge in [0.15, 0.2) is 0 Å². The Morgan fingerprint density at radius 1 is 1.40 bits per heavy atom. The molecule has 0 aliphatic rings. The second-order valence-corrected chi connectivity index (χ2v) is 6.01. The van der Waals surface area contributed by atoms with E-state index in [2.05, 4.69) is 9.97 Å². The summed E-state index contributed by atoms with van der Waals surface area (Å²) in [6.07, 6.45) is 3.39. The maximum atomic E-state index is 11.8. The molecule has 0 aliphatic heterocycles. The van der Waals surface area contributed by atoms with Crippen molar-refractivity contribution in [3.05, 3.63) is 18.0 Å². The summed E-state index contributed by atoms with van der Waals surface area (Å²) in [6.45, 7) is 3.42. The first-order valence-corrected chi connectivity index (χ1v) is 6.65. The first-order valence-electron chi connectivity index (χ1n) is 4.57. The summed E-state index contributed by atoms with van der Waals surface area (Å²) in [7, 11) is -3.42. The lowest BCUT2D eigenvalue weighted by atomic mass is 10.4. The number of nitrogens with zero attached hydrogens (tertiary/aromatic N) is 2. The van der Waals surface area contributed by atoms with Gasteiger partial charge in [-0.15, -0.1) is 11.6 Å². The Morgan fingerprint density at radius 2 is 1.93 bits per heavy atom. The minimum absolute atomic E-state index is 0.120. The van der Waals surface area contributed by atoms with Crippen LogP contribution in [0.5, 0.6) is 0 Å². The molecule has 0 amide bonds. The molecular weight excluding hydrogens is 236 g/mol. The third-order valence-electron chi connectivity index (χ3n) is 2.06. The van der Waals surface area contributed by atoms with Gasteiger partial charge in [0, 0.05) is 18.3 Å². The van der Waals surface area contributed by atoms with Crippen molar-refractivity contribution in [2.24, 2.45) is 0 Å². The second kappa shape index (κ2) is 4.90. The van der Waals surface area contributed by atoms with Crippen LogP contribution in [0.2, 0.25) is 0 Å². The molecule has 4 nitrogen and oxygen atoms in total. The summed E-state index contributed by atoms with van der Waals surface area (Å²) in [4.78, 5) is 7.62. The minimum Gasteiger partial charge on any atom is -0.227 e. The molecule has 0 aromatic carbocycles. The number of alkyl halides is 1. The average molecular weight is 249 g/mol. The van der Waals surface area contributed by atoms with Gasteiger partial charge >= 0.3 is 0 Å². The zero-order chi connectivity index (χ0) is 11.5. The van der Waals surface area contributed by atoms with E-state index in [1.54, 1.807) is 13.8 Å². The monoisotopic (exact) mass is 248 g/mol. The van der Waals surface area contributed by atoms with Gasteiger partial charge in [0.1, 0.15) is 0 Å². The highest BCUT2D eigenvalue weighted by molar-refractivity contribution is 7.91. The summed E-state index contributed by atoms with van der Waals surface area (Å²) < 4.78 is 23.7. The molecule has 84 valence electrons. The van der Waals surface area contributed by atoms with Crippen LogP contribution in [-0.2, 0) is 9.84 Å². The molecule has 0 saturated heterocycles.